The van der Waals surface area contributed by atoms with E-state index < -0.39 is 17.3 Å². The van der Waals surface area contributed by atoms with Crippen LogP contribution in [0.25, 0.3) is 0 Å². The van der Waals surface area contributed by atoms with Crippen molar-refractivity contribution in [1.82, 2.24) is 5.32 Å². The van der Waals surface area contributed by atoms with Gasteiger partial charge in [0.1, 0.15) is 0 Å². The normalized spacial score (nSPS) is 24.6. The Hall–Kier alpha value is -0.710. The zero-order valence-electron chi connectivity index (χ0n) is 9.72. The van der Waals surface area contributed by atoms with Crippen LogP contribution in [0.2, 0.25) is 0 Å². The molecular formula is C11H19F2NO2. The van der Waals surface area contributed by atoms with Crippen molar-refractivity contribution in [1.29, 1.82) is 0 Å². The Labute approximate surface area is 94.2 Å². The fourth-order valence-electron chi connectivity index (χ4n) is 2.02. The Morgan fingerprint density at radius 1 is 1.56 bits per heavy atom. The molecule has 16 heavy (non-hydrogen) atoms. The van der Waals surface area contributed by atoms with Crippen molar-refractivity contribution >= 4 is 5.97 Å². The van der Waals surface area contributed by atoms with Gasteiger partial charge < -0.3 is 10.4 Å². The molecule has 5 heteroatoms. The van der Waals surface area contributed by atoms with E-state index in [0.29, 0.717) is 13.0 Å². The van der Waals surface area contributed by atoms with Crippen LogP contribution in [-0.4, -0.2) is 29.6 Å². The number of hydrogen-bond acceptors (Lipinski definition) is 2. The number of alkyl halides is 2. The maximum Gasteiger partial charge on any atom is 0.303 e. The van der Waals surface area contributed by atoms with Gasteiger partial charge in [-0.2, -0.15) is 0 Å². The summed E-state index contributed by atoms with van der Waals surface area (Å²) in [4.78, 5) is 10.6. The largest absolute Gasteiger partial charge is 0.481 e. The molecule has 3 nitrogen and oxygen atoms in total. The molecule has 0 aromatic heterocycles. The van der Waals surface area contributed by atoms with E-state index in [2.05, 4.69) is 5.32 Å². The van der Waals surface area contributed by atoms with Crippen molar-refractivity contribution in [2.75, 3.05) is 6.54 Å². The van der Waals surface area contributed by atoms with Crippen LogP contribution in [0, 0.1) is 5.41 Å². The number of carbonyl (C=O) groups is 1. The maximum atomic E-state index is 12.9. The molecule has 0 bridgehead atoms. The smallest absolute Gasteiger partial charge is 0.303 e. The highest BCUT2D eigenvalue weighted by Gasteiger charge is 2.39. The monoisotopic (exact) mass is 235 g/mol. The van der Waals surface area contributed by atoms with E-state index in [1.165, 1.54) is 0 Å². The summed E-state index contributed by atoms with van der Waals surface area (Å²) in [6.45, 7) is 4.10. The van der Waals surface area contributed by atoms with E-state index >= 15 is 0 Å². The quantitative estimate of drug-likeness (QED) is 0.768. The molecule has 0 heterocycles. The van der Waals surface area contributed by atoms with Gasteiger partial charge in [0.2, 0.25) is 5.92 Å². The summed E-state index contributed by atoms with van der Waals surface area (Å²) < 4.78 is 25.8. The summed E-state index contributed by atoms with van der Waals surface area (Å²) in [6.07, 6.45) is 0.319. The Morgan fingerprint density at radius 2 is 2.19 bits per heavy atom. The van der Waals surface area contributed by atoms with Crippen molar-refractivity contribution in [3.8, 4) is 0 Å². The lowest BCUT2D eigenvalue weighted by atomic mass is 9.89. The van der Waals surface area contributed by atoms with Crippen LogP contribution in [0.15, 0.2) is 0 Å². The maximum absolute atomic E-state index is 12.9. The topological polar surface area (TPSA) is 49.3 Å². The zero-order chi connectivity index (χ0) is 12.4. The molecule has 1 rings (SSSR count). The second-order valence-corrected chi connectivity index (χ2v) is 5.41. The molecule has 1 saturated carbocycles. The summed E-state index contributed by atoms with van der Waals surface area (Å²) in [5.41, 5.74) is -0.399. The van der Waals surface area contributed by atoms with E-state index in [1.54, 1.807) is 0 Å². The molecule has 2 N–H and O–H groups in total. The number of carboxylic acid groups (broad SMARTS) is 1. The number of halogens is 2. The number of hydrogen-bond donors (Lipinski definition) is 2. The highest BCUT2D eigenvalue weighted by Crippen LogP contribution is 2.35. The van der Waals surface area contributed by atoms with E-state index in [1.807, 2.05) is 13.8 Å². The van der Waals surface area contributed by atoms with Crippen molar-refractivity contribution in [2.24, 2.45) is 5.41 Å². The predicted octanol–water partition coefficient (Wildman–Crippen LogP) is 2.26. The zero-order valence-corrected chi connectivity index (χ0v) is 9.72. The number of aliphatic carboxylic acids is 1. The van der Waals surface area contributed by atoms with Crippen LogP contribution in [0.3, 0.4) is 0 Å². The average molecular weight is 235 g/mol. The minimum absolute atomic E-state index is 0.0448. The Bertz CT molecular complexity index is 267. The molecular weight excluding hydrogens is 216 g/mol. The van der Waals surface area contributed by atoms with Gasteiger partial charge in [0, 0.05) is 25.4 Å². The average Bonchev–Trinajstić information content (AvgIpc) is 2.40. The predicted molar refractivity (Wildman–Crippen MR) is 56.6 cm³/mol. The van der Waals surface area contributed by atoms with Crippen LogP contribution in [0.4, 0.5) is 8.78 Å². The summed E-state index contributed by atoms with van der Waals surface area (Å²) in [7, 11) is 0. The van der Waals surface area contributed by atoms with Gasteiger partial charge in [-0.25, -0.2) is 8.78 Å². The van der Waals surface area contributed by atoms with Crippen LogP contribution in [-0.2, 0) is 4.79 Å². The second-order valence-electron chi connectivity index (χ2n) is 5.41. The third kappa shape index (κ3) is 4.43. The van der Waals surface area contributed by atoms with E-state index in [0.717, 1.165) is 0 Å². The summed E-state index contributed by atoms with van der Waals surface area (Å²) in [6, 6.07) is -0.178. The Kier molecular flexibility index (Phi) is 3.88. The highest BCUT2D eigenvalue weighted by molar-refractivity contribution is 5.67. The van der Waals surface area contributed by atoms with E-state index in [9.17, 15) is 13.6 Å². The van der Waals surface area contributed by atoms with Crippen LogP contribution >= 0.6 is 0 Å². The lowest BCUT2D eigenvalue weighted by Gasteiger charge is -2.25. The third-order valence-electron chi connectivity index (χ3n) is 2.90. The number of rotatable bonds is 5. The summed E-state index contributed by atoms with van der Waals surface area (Å²) >= 11 is 0. The van der Waals surface area contributed by atoms with Crippen LogP contribution < -0.4 is 5.32 Å². The molecule has 0 aromatic rings. The van der Waals surface area contributed by atoms with E-state index in [4.69, 9.17) is 5.11 Å². The Balaban J connectivity index is 2.32. The highest BCUT2D eigenvalue weighted by atomic mass is 19.3. The molecule has 0 radical (unpaired) electrons. The van der Waals surface area contributed by atoms with Crippen LogP contribution in [0.5, 0.6) is 0 Å². The summed E-state index contributed by atoms with van der Waals surface area (Å²) in [5, 5.41) is 11.7. The minimum atomic E-state index is -2.55. The molecule has 0 unspecified atom stereocenters. The van der Waals surface area contributed by atoms with Gasteiger partial charge in [-0.1, -0.05) is 13.8 Å². The third-order valence-corrected chi connectivity index (χ3v) is 2.90. The van der Waals surface area contributed by atoms with Gasteiger partial charge >= 0.3 is 5.97 Å². The molecule has 1 atom stereocenters. The first-order valence-electron chi connectivity index (χ1n) is 5.53. The van der Waals surface area contributed by atoms with Crippen molar-refractivity contribution in [2.45, 2.75) is 51.5 Å². The number of carboxylic acids is 1. The Morgan fingerprint density at radius 3 is 2.62 bits per heavy atom. The first kappa shape index (κ1) is 13.4. The van der Waals surface area contributed by atoms with Gasteiger partial charge in [0.05, 0.1) is 6.42 Å². The molecule has 1 aliphatic carbocycles. The second kappa shape index (κ2) is 4.65. The van der Waals surface area contributed by atoms with Gasteiger partial charge in [-0.3, -0.25) is 4.79 Å². The van der Waals surface area contributed by atoms with Crippen molar-refractivity contribution in [3.63, 3.8) is 0 Å². The first-order valence-corrected chi connectivity index (χ1v) is 5.53. The minimum Gasteiger partial charge on any atom is -0.481 e. The van der Waals surface area contributed by atoms with E-state index in [-0.39, 0.29) is 25.3 Å². The number of nitrogens with one attached hydrogen (secondary N) is 1. The van der Waals surface area contributed by atoms with Gasteiger partial charge in [-0.15, -0.1) is 0 Å². The fourth-order valence-corrected chi connectivity index (χ4v) is 2.02. The molecule has 0 amide bonds. The fraction of sp³-hybridized carbons (Fsp3) is 0.909. The molecule has 0 saturated heterocycles. The standard InChI is InChI=1S/C11H19F2NO2/c1-10(2,6-9(15)16)7-14-8-3-4-11(12,13)5-8/h8,14H,3-7H2,1-2H3,(H,15,16)/t8-/m1/s1. The lowest BCUT2D eigenvalue weighted by molar-refractivity contribution is -0.139. The van der Waals surface area contributed by atoms with Crippen molar-refractivity contribution in [3.05, 3.63) is 0 Å². The van der Waals surface area contributed by atoms with Crippen molar-refractivity contribution < 1.29 is 18.7 Å². The lowest BCUT2D eigenvalue weighted by Crippen LogP contribution is -2.37. The van der Waals surface area contributed by atoms with Gasteiger partial charge in [0.25, 0.3) is 0 Å². The molecule has 1 fully saturated rings. The molecule has 1 aliphatic rings. The molecule has 0 aliphatic heterocycles. The first-order chi connectivity index (χ1) is 7.20. The molecule has 94 valence electrons. The van der Waals surface area contributed by atoms with Crippen LogP contribution in [0.1, 0.15) is 39.5 Å². The molecule has 0 spiro atoms. The van der Waals surface area contributed by atoms with Gasteiger partial charge in [0.15, 0.2) is 0 Å². The SMILES string of the molecule is CC(C)(CN[C@@H]1CCC(F)(F)C1)CC(=O)O. The van der Waals surface area contributed by atoms with Gasteiger partial charge in [-0.05, 0) is 11.8 Å². The summed E-state index contributed by atoms with van der Waals surface area (Å²) in [5.74, 6) is -3.40. The molecule has 0 aromatic carbocycles.